The fraction of sp³-hybridized carbons (Fsp3) is 0.583. The van der Waals surface area contributed by atoms with Crippen molar-refractivity contribution in [1.29, 1.82) is 0 Å². The van der Waals surface area contributed by atoms with E-state index in [4.69, 9.17) is 0 Å². The van der Waals surface area contributed by atoms with Crippen LogP contribution in [0.3, 0.4) is 0 Å². The Bertz CT molecular complexity index is 442. The SMILES string of the molecule is CCN(C(=O)N(C)Cc1ncc[nH]1)C(C)(C)C(=O)O. The monoisotopic (exact) mass is 268 g/mol. The summed E-state index contributed by atoms with van der Waals surface area (Å²) < 4.78 is 0. The summed E-state index contributed by atoms with van der Waals surface area (Å²) in [6.45, 7) is 5.40. The fourth-order valence-corrected chi connectivity index (χ4v) is 1.77. The minimum atomic E-state index is -1.25. The third kappa shape index (κ3) is 3.24. The number of likely N-dealkylation sites (N-methyl/N-ethyl adjacent to an activating group) is 1. The second-order valence-corrected chi connectivity index (χ2v) is 4.78. The number of carbonyl (C=O) groups is 2. The number of H-pyrrole nitrogens is 1. The highest BCUT2D eigenvalue weighted by molar-refractivity contribution is 5.85. The van der Waals surface area contributed by atoms with Gasteiger partial charge in [-0.3, -0.25) is 0 Å². The number of nitrogens with zero attached hydrogens (tertiary/aromatic N) is 3. The predicted molar refractivity (Wildman–Crippen MR) is 69.5 cm³/mol. The van der Waals surface area contributed by atoms with Gasteiger partial charge in [0.25, 0.3) is 0 Å². The van der Waals surface area contributed by atoms with Crippen molar-refractivity contribution < 1.29 is 14.7 Å². The number of rotatable bonds is 5. The van der Waals surface area contributed by atoms with Gasteiger partial charge in [-0.2, -0.15) is 0 Å². The molecular weight excluding hydrogens is 248 g/mol. The number of carboxylic acid groups (broad SMARTS) is 1. The minimum absolute atomic E-state index is 0.304. The van der Waals surface area contributed by atoms with E-state index in [0.29, 0.717) is 18.9 Å². The van der Waals surface area contributed by atoms with E-state index in [1.54, 1.807) is 26.4 Å². The molecule has 1 aromatic heterocycles. The average Bonchev–Trinajstić information content (AvgIpc) is 2.81. The lowest BCUT2D eigenvalue weighted by molar-refractivity contribution is -0.147. The van der Waals surface area contributed by atoms with Crippen molar-refractivity contribution in [1.82, 2.24) is 19.8 Å². The number of hydrogen-bond acceptors (Lipinski definition) is 3. The zero-order valence-corrected chi connectivity index (χ0v) is 11.7. The predicted octanol–water partition coefficient (Wildman–Crippen LogP) is 1.15. The number of hydrogen-bond donors (Lipinski definition) is 2. The number of amides is 2. The molecule has 0 atom stereocenters. The van der Waals surface area contributed by atoms with Gasteiger partial charge in [0.05, 0.1) is 6.54 Å². The standard InChI is InChI=1S/C12H20N4O3/c1-5-16(12(2,3)10(17)18)11(19)15(4)8-9-13-6-7-14-9/h6-7H,5,8H2,1-4H3,(H,13,14)(H,17,18). The molecule has 0 aromatic carbocycles. The number of aromatic nitrogens is 2. The van der Waals surface area contributed by atoms with Crippen LogP contribution < -0.4 is 0 Å². The molecule has 0 unspecified atom stereocenters. The van der Waals surface area contributed by atoms with Gasteiger partial charge in [0.2, 0.25) is 0 Å². The van der Waals surface area contributed by atoms with Crippen molar-refractivity contribution in [2.75, 3.05) is 13.6 Å². The summed E-state index contributed by atoms with van der Waals surface area (Å²) in [6, 6.07) is -0.341. The molecule has 7 heteroatoms. The van der Waals surface area contributed by atoms with Crippen LogP contribution in [0, 0.1) is 0 Å². The number of imidazole rings is 1. The fourth-order valence-electron chi connectivity index (χ4n) is 1.77. The molecule has 0 aliphatic heterocycles. The largest absolute Gasteiger partial charge is 0.480 e. The molecule has 2 N–H and O–H groups in total. The summed E-state index contributed by atoms with van der Waals surface area (Å²) in [5.74, 6) is -0.380. The van der Waals surface area contributed by atoms with Crippen LogP contribution in [0.1, 0.15) is 26.6 Å². The van der Waals surface area contributed by atoms with E-state index in [1.165, 1.54) is 23.6 Å². The van der Waals surface area contributed by atoms with Crippen LogP contribution in [-0.2, 0) is 11.3 Å². The second kappa shape index (κ2) is 5.73. The van der Waals surface area contributed by atoms with E-state index >= 15 is 0 Å². The Kier molecular flexibility index (Phi) is 4.52. The first-order valence-electron chi connectivity index (χ1n) is 6.05. The van der Waals surface area contributed by atoms with E-state index in [-0.39, 0.29) is 6.03 Å². The number of aromatic amines is 1. The summed E-state index contributed by atoms with van der Waals surface area (Å²) in [4.78, 5) is 33.2. The molecule has 0 fully saturated rings. The molecule has 0 aliphatic carbocycles. The highest BCUT2D eigenvalue weighted by Crippen LogP contribution is 2.17. The van der Waals surface area contributed by atoms with Crippen molar-refractivity contribution >= 4 is 12.0 Å². The Morgan fingerprint density at radius 3 is 2.53 bits per heavy atom. The van der Waals surface area contributed by atoms with Gasteiger partial charge in [-0.25, -0.2) is 14.6 Å². The molecule has 2 amide bonds. The number of carboxylic acids is 1. The van der Waals surface area contributed by atoms with Gasteiger partial charge in [0, 0.05) is 26.0 Å². The number of carbonyl (C=O) groups excluding carboxylic acids is 1. The van der Waals surface area contributed by atoms with E-state index in [1.807, 2.05) is 0 Å². The second-order valence-electron chi connectivity index (χ2n) is 4.78. The minimum Gasteiger partial charge on any atom is -0.480 e. The number of urea groups is 1. The first kappa shape index (κ1) is 15.0. The third-order valence-corrected chi connectivity index (χ3v) is 3.01. The molecule has 0 aliphatic rings. The quantitative estimate of drug-likeness (QED) is 0.838. The molecule has 0 spiro atoms. The van der Waals surface area contributed by atoms with Crippen LogP contribution in [-0.4, -0.2) is 56.0 Å². The van der Waals surface area contributed by atoms with Crippen molar-refractivity contribution in [3.63, 3.8) is 0 Å². The molecule has 19 heavy (non-hydrogen) atoms. The van der Waals surface area contributed by atoms with E-state index in [9.17, 15) is 14.7 Å². The van der Waals surface area contributed by atoms with Gasteiger partial charge in [-0.05, 0) is 20.8 Å². The van der Waals surface area contributed by atoms with Gasteiger partial charge >= 0.3 is 12.0 Å². The lowest BCUT2D eigenvalue weighted by atomic mass is 10.0. The van der Waals surface area contributed by atoms with Gasteiger partial charge in [-0.1, -0.05) is 0 Å². The number of nitrogens with one attached hydrogen (secondary N) is 1. The maximum atomic E-state index is 12.3. The Morgan fingerprint density at radius 2 is 2.11 bits per heavy atom. The Labute approximate surface area is 112 Å². The first-order chi connectivity index (χ1) is 8.80. The van der Waals surface area contributed by atoms with Gasteiger partial charge in [-0.15, -0.1) is 0 Å². The number of aliphatic carboxylic acids is 1. The van der Waals surface area contributed by atoms with Crippen LogP contribution in [0.2, 0.25) is 0 Å². The summed E-state index contributed by atoms with van der Waals surface area (Å²) >= 11 is 0. The molecule has 0 bridgehead atoms. The Hall–Kier alpha value is -2.05. The summed E-state index contributed by atoms with van der Waals surface area (Å²) in [6.07, 6.45) is 3.28. The summed E-state index contributed by atoms with van der Waals surface area (Å²) in [7, 11) is 1.62. The van der Waals surface area contributed by atoms with Crippen LogP contribution in [0.25, 0.3) is 0 Å². The lowest BCUT2D eigenvalue weighted by Gasteiger charge is -2.36. The van der Waals surface area contributed by atoms with Crippen molar-refractivity contribution in [2.45, 2.75) is 32.9 Å². The topological polar surface area (TPSA) is 89.5 Å². The smallest absolute Gasteiger partial charge is 0.329 e. The van der Waals surface area contributed by atoms with Crippen molar-refractivity contribution in [3.05, 3.63) is 18.2 Å². The molecular formula is C12H20N4O3. The molecule has 1 aromatic rings. The molecule has 106 valence electrons. The van der Waals surface area contributed by atoms with E-state index in [0.717, 1.165) is 0 Å². The van der Waals surface area contributed by atoms with Crippen LogP contribution in [0.5, 0.6) is 0 Å². The summed E-state index contributed by atoms with van der Waals surface area (Å²) in [5.41, 5.74) is -1.25. The molecule has 0 saturated heterocycles. The van der Waals surface area contributed by atoms with E-state index in [2.05, 4.69) is 9.97 Å². The zero-order chi connectivity index (χ0) is 14.6. The molecule has 1 rings (SSSR count). The van der Waals surface area contributed by atoms with Gasteiger partial charge < -0.3 is 19.9 Å². The van der Waals surface area contributed by atoms with Gasteiger partial charge in [0.1, 0.15) is 11.4 Å². The normalized spacial score (nSPS) is 11.2. The van der Waals surface area contributed by atoms with Crippen LogP contribution >= 0.6 is 0 Å². The van der Waals surface area contributed by atoms with Gasteiger partial charge in [0.15, 0.2) is 0 Å². The zero-order valence-electron chi connectivity index (χ0n) is 11.7. The van der Waals surface area contributed by atoms with E-state index < -0.39 is 11.5 Å². The summed E-state index contributed by atoms with van der Waals surface area (Å²) in [5, 5.41) is 9.20. The van der Waals surface area contributed by atoms with Crippen LogP contribution in [0.15, 0.2) is 12.4 Å². The Balaban J connectivity index is 2.81. The lowest BCUT2D eigenvalue weighted by Crippen LogP contribution is -2.56. The average molecular weight is 268 g/mol. The Morgan fingerprint density at radius 1 is 1.47 bits per heavy atom. The maximum absolute atomic E-state index is 12.3. The first-order valence-corrected chi connectivity index (χ1v) is 6.05. The third-order valence-electron chi connectivity index (χ3n) is 3.01. The molecule has 1 heterocycles. The van der Waals surface area contributed by atoms with Crippen LogP contribution in [0.4, 0.5) is 4.79 Å². The van der Waals surface area contributed by atoms with Crippen molar-refractivity contribution in [3.8, 4) is 0 Å². The van der Waals surface area contributed by atoms with Crippen molar-refractivity contribution in [2.24, 2.45) is 0 Å². The molecule has 0 saturated carbocycles. The highest BCUT2D eigenvalue weighted by Gasteiger charge is 2.38. The maximum Gasteiger partial charge on any atom is 0.329 e. The highest BCUT2D eigenvalue weighted by atomic mass is 16.4. The molecule has 0 radical (unpaired) electrons. The molecule has 7 nitrogen and oxygen atoms in total.